The summed E-state index contributed by atoms with van der Waals surface area (Å²) in [6.45, 7) is 10.8. The summed E-state index contributed by atoms with van der Waals surface area (Å²) in [5.41, 5.74) is 30.5. The van der Waals surface area contributed by atoms with Crippen LogP contribution in [0.5, 0.6) is 0 Å². The van der Waals surface area contributed by atoms with Gasteiger partial charge in [-0.3, -0.25) is 0 Å². The van der Waals surface area contributed by atoms with Gasteiger partial charge in [0, 0.05) is 51.6 Å². The Morgan fingerprint density at radius 2 is 0.412 bits per heavy atom. The van der Waals surface area contributed by atoms with E-state index in [2.05, 4.69) is 486 Å². The molecule has 0 unspecified atom stereocenters. The second-order valence-electron chi connectivity index (χ2n) is 39.3. The summed E-state index contributed by atoms with van der Waals surface area (Å²) in [4.78, 5) is 0. The van der Waals surface area contributed by atoms with Gasteiger partial charge in [-0.2, -0.15) is 44.6 Å². The fourth-order valence-corrected chi connectivity index (χ4v) is 35.5. The number of aryl methyl sites for hydroxylation is 1. The van der Waals surface area contributed by atoms with E-state index in [9.17, 15) is 0 Å². The molecule has 0 amide bonds. The van der Waals surface area contributed by atoms with Crippen LogP contribution >= 0.6 is 52.4 Å². The van der Waals surface area contributed by atoms with Crippen LogP contribution in [-0.2, 0) is 61.0 Å². The average molecular weight is 2370 g/mol. The molecule has 6 heterocycles. The number of hydrogen-bond donors (Lipinski definition) is 0. The first-order valence-electron chi connectivity index (χ1n) is 53.9. The molecule has 6 aliphatic rings. The number of para-hydroxylation sites is 3. The molecule has 10 aromatic carbocycles. The smallest absolute Gasteiger partial charge is 0.183 e. The molecule has 6 fully saturated rings. The molecule has 21 heteroatoms. The molecule has 0 spiro atoms. The molecule has 0 radical (unpaired) electrons. The summed E-state index contributed by atoms with van der Waals surface area (Å²) in [6.07, 6.45) is 54.2. The largest absolute Gasteiger partial charge is 0.230 e. The van der Waals surface area contributed by atoms with E-state index in [0.717, 1.165) is 136 Å². The number of rotatable bonds is 24. The van der Waals surface area contributed by atoms with Crippen LogP contribution < -0.4 is 16.3 Å². The van der Waals surface area contributed by atoms with Gasteiger partial charge >= 0.3 is 83.1 Å². The van der Waals surface area contributed by atoms with E-state index in [4.69, 9.17) is 30.6 Å². The second-order valence-corrected chi connectivity index (χ2v) is 48.4. The van der Waals surface area contributed by atoms with Gasteiger partial charge < -0.3 is 22.3 Å². The second kappa shape index (κ2) is 65.9. The molecule has 0 N–H and O–H groups in total. The molecule has 22 rings (SSSR count). The van der Waals surface area contributed by atoms with Crippen LogP contribution in [0.4, 0.5) is 0 Å². The number of benzene rings is 10. The van der Waals surface area contributed by atoms with Crippen molar-refractivity contribution in [3.63, 3.8) is 0 Å². The summed E-state index contributed by atoms with van der Waals surface area (Å²) in [5, 5.41) is 31.6. The third kappa shape index (κ3) is 31.5. The molecule has 0 atom stereocenters. The predicted molar refractivity (Wildman–Crippen MR) is 634 cm³/mol. The van der Waals surface area contributed by atoms with E-state index in [-0.39, 0.29) is 22.3 Å². The Balaban J connectivity index is 0.000000189. The molecule has 0 saturated heterocycles. The van der Waals surface area contributed by atoms with Crippen LogP contribution in [0.15, 0.2) is 340 Å². The Bertz CT molecular complexity index is 5640. The molecule has 148 heavy (non-hydrogen) atoms. The topological polar surface area (TPSA) is 107 Å². The first kappa shape index (κ1) is 120. The van der Waals surface area contributed by atoms with Crippen molar-refractivity contribution in [2.75, 3.05) is 0 Å². The third-order valence-electron chi connectivity index (χ3n) is 29.5. The SMILES string of the molecule is CCC.CCCC.CCCc1ccccc1.[CH3-].[CH3-].[CH3-].[Cl][Pd+].[Cl][Pd+].[Cl][Pd+].c1ccc(-c2nn(-c3ccccc3)c(-c3ccccc3)c2-n2nccc2[PH+](C2CCCCC2)C2CCCCC2)cc1.c1ccc(-c2nn(-c3ccccc3)c(-c3ccccc3)c2-n2nccc2[PH+](C2CCCCC2)C2CCCCC2)cc1.c1ccc(-c2nn(-c3ccccc3)c(-c3ccccc3)c2-n2nccc2[PH+](C2CCCCC2)C2CCCCC2)cc1. The Morgan fingerprint density at radius 3 is 0.601 bits per heavy atom. The van der Waals surface area contributed by atoms with E-state index < -0.39 is 23.8 Å². The van der Waals surface area contributed by atoms with E-state index >= 15 is 0 Å². The number of aromatic nitrogens is 12. The zero-order valence-electron chi connectivity index (χ0n) is 88.5. The first-order chi connectivity index (χ1) is 71.9. The first-order valence-corrected chi connectivity index (χ1v) is 64.9. The fraction of sp³-hybridized carbons (Fsp3) is 0.362. The zero-order chi connectivity index (χ0) is 101. The van der Waals surface area contributed by atoms with E-state index in [1.165, 1.54) is 247 Å². The third-order valence-corrected chi connectivity index (χ3v) is 41.1. The minimum atomic E-state index is -0.844. The minimum absolute atomic E-state index is 0. The van der Waals surface area contributed by atoms with Gasteiger partial charge in [0.2, 0.25) is 0 Å². The monoisotopic (exact) mass is 2370 g/mol. The zero-order valence-corrected chi connectivity index (χ0v) is 98.4. The number of halogens is 3. The molecule has 790 valence electrons. The number of unbranched alkanes of at least 4 members (excludes halogenated alkanes) is 1. The molecule has 0 bridgehead atoms. The van der Waals surface area contributed by atoms with E-state index in [1.54, 1.807) is 0 Å². The van der Waals surface area contributed by atoms with Crippen molar-refractivity contribution >= 4 is 68.7 Å². The van der Waals surface area contributed by atoms with Crippen molar-refractivity contribution < 1.29 is 54.5 Å². The predicted octanol–water partition coefficient (Wildman–Crippen LogP) is 36.0. The quantitative estimate of drug-likeness (QED) is 0.0339. The summed E-state index contributed by atoms with van der Waals surface area (Å²) >= 11 is 6.67. The maximum Gasteiger partial charge on any atom is 0.183 e. The summed E-state index contributed by atoms with van der Waals surface area (Å²) in [7, 11) is 10.9. The molecule has 0 aliphatic heterocycles. The van der Waals surface area contributed by atoms with Gasteiger partial charge in [-0.1, -0.05) is 366 Å². The van der Waals surface area contributed by atoms with Gasteiger partial charge in [-0.05, 0) is 202 Å². The molecule has 6 aliphatic carbocycles. The Morgan fingerprint density at radius 1 is 0.230 bits per heavy atom. The minimum Gasteiger partial charge on any atom is -0.230 e. The average Bonchev–Trinajstić information content (AvgIpc) is 1.60. The summed E-state index contributed by atoms with van der Waals surface area (Å²) in [5.74, 6) is 0. The van der Waals surface area contributed by atoms with Crippen molar-refractivity contribution in [2.45, 2.75) is 293 Å². The molecule has 12 nitrogen and oxygen atoms in total. The molecule has 6 aromatic heterocycles. The maximum atomic E-state index is 5.38. The number of nitrogens with zero attached hydrogens (tertiary/aromatic N) is 12. The maximum absolute atomic E-state index is 5.38. The van der Waals surface area contributed by atoms with Crippen molar-refractivity contribution in [1.29, 1.82) is 0 Å². The fourth-order valence-electron chi connectivity index (χ4n) is 22.8. The van der Waals surface area contributed by atoms with Crippen LogP contribution in [-0.4, -0.2) is 92.6 Å². The van der Waals surface area contributed by atoms with Crippen molar-refractivity contribution in [2.24, 2.45) is 0 Å². The van der Waals surface area contributed by atoms with Gasteiger partial charge in [0.15, 0.2) is 16.3 Å². The summed E-state index contributed by atoms with van der Waals surface area (Å²) < 4.78 is 13.5. The van der Waals surface area contributed by atoms with E-state index in [1.807, 2.05) is 0 Å². The van der Waals surface area contributed by atoms with Crippen LogP contribution in [0.25, 0.3) is 102 Å². The number of hydrogen-bond acceptors (Lipinski definition) is 6. The normalized spacial score (nSPS) is 15.0. The van der Waals surface area contributed by atoms with Crippen LogP contribution in [0, 0.1) is 22.3 Å². The molecule has 16 aromatic rings. The summed E-state index contributed by atoms with van der Waals surface area (Å²) in [6, 6.07) is 114. The Hall–Kier alpha value is -8.39. The Kier molecular flexibility index (Phi) is 53.3. The van der Waals surface area contributed by atoms with Gasteiger partial charge in [0.25, 0.3) is 0 Å². The van der Waals surface area contributed by atoms with Crippen LogP contribution in [0.2, 0.25) is 0 Å². The molecule has 6 saturated carbocycles. The standard InChI is InChI=1S/3C36H39N4P.C9H12.C4H10.C3H8.3CH3.3ClH.3Pd/c3*1-6-16-28(17-7-1)34-36(35(29-18-8-2-9-19-29)39(38-34)30-20-10-3-11-21-30)40-33(26-27-37-40)41(31-22-12-4-13-23-31)32-24-14-5-15-25-32;1-2-6-9-7-4-3-5-8-9;1-3-4-2;1-3-2;;;;;;;;;/h3*1-3,6-11,16-21,26-27,31-32H,4-5,12-15,22-25H2;3-5,7-8H,2,6H2,1H3;3-4H2,1-2H3;3H2,1-2H3;3*1H3;3*1H;;;/q;;;;;;3*-1;;;;3*+2. The molecular formula is C127H159Cl3N12P3Pd3+3. The van der Waals surface area contributed by atoms with Crippen molar-refractivity contribution in [3.8, 4) is 102 Å². The van der Waals surface area contributed by atoms with Crippen LogP contribution in [0.3, 0.4) is 0 Å². The van der Waals surface area contributed by atoms with Crippen molar-refractivity contribution in [1.82, 2.24) is 58.7 Å². The Labute approximate surface area is 936 Å². The molecular weight excluding hydrogens is 2210 g/mol. The van der Waals surface area contributed by atoms with Crippen LogP contribution in [0.1, 0.15) is 258 Å². The van der Waals surface area contributed by atoms with Crippen molar-refractivity contribution in [3.05, 3.63) is 368 Å². The van der Waals surface area contributed by atoms with Gasteiger partial charge in [0.05, 0.1) is 93.4 Å². The van der Waals surface area contributed by atoms with Gasteiger partial charge in [-0.25, -0.2) is 14.0 Å². The van der Waals surface area contributed by atoms with Gasteiger partial charge in [-0.15, -0.1) is 0 Å². The van der Waals surface area contributed by atoms with Gasteiger partial charge in [0.1, 0.15) is 51.2 Å². The van der Waals surface area contributed by atoms with E-state index in [0.29, 0.717) is 0 Å².